The minimum atomic E-state index is -0.989. The van der Waals surface area contributed by atoms with E-state index >= 15 is 0 Å². The molecule has 17 heavy (non-hydrogen) atoms. The van der Waals surface area contributed by atoms with Gasteiger partial charge in [-0.05, 0) is 37.1 Å². The monoisotopic (exact) mass is 250 g/mol. The number of nitrogens with two attached hydrogens (primary N) is 1. The molecule has 1 aromatic carbocycles. The summed E-state index contributed by atoms with van der Waals surface area (Å²) in [5.74, 6) is -0.989. The van der Waals surface area contributed by atoms with E-state index in [1.807, 2.05) is 13.0 Å². The van der Waals surface area contributed by atoms with Gasteiger partial charge in [-0.25, -0.2) is 4.98 Å². The van der Waals surface area contributed by atoms with Crippen LogP contribution in [0.4, 0.5) is 0 Å². The molecule has 0 spiro atoms. The van der Waals surface area contributed by atoms with Gasteiger partial charge in [0.15, 0.2) is 0 Å². The standard InChI is InChI=1S/C12H14N2O2S/c1-6-3-9-10(4-7(6)2)17-11(14-9)5-8(13)12(15)16/h3-4,8H,5,13H2,1-2H3,(H,15,16)/t8-/m0/s1. The number of fused-ring (bicyclic) bond motifs is 1. The lowest BCUT2D eigenvalue weighted by Crippen LogP contribution is -2.32. The maximum absolute atomic E-state index is 10.7. The molecule has 0 fully saturated rings. The van der Waals surface area contributed by atoms with Crippen LogP contribution in [0.15, 0.2) is 12.1 Å². The van der Waals surface area contributed by atoms with E-state index in [9.17, 15) is 4.79 Å². The lowest BCUT2D eigenvalue weighted by atomic mass is 10.1. The van der Waals surface area contributed by atoms with Crippen LogP contribution in [-0.2, 0) is 11.2 Å². The Labute approximate surface area is 103 Å². The van der Waals surface area contributed by atoms with E-state index in [2.05, 4.69) is 18.0 Å². The molecule has 0 unspecified atom stereocenters. The van der Waals surface area contributed by atoms with E-state index in [1.54, 1.807) is 0 Å². The predicted octanol–water partition coefficient (Wildman–Crippen LogP) is 1.87. The van der Waals surface area contributed by atoms with Crippen molar-refractivity contribution < 1.29 is 9.90 Å². The summed E-state index contributed by atoms with van der Waals surface area (Å²) >= 11 is 1.51. The second kappa shape index (κ2) is 4.43. The van der Waals surface area contributed by atoms with Crippen molar-refractivity contribution >= 4 is 27.5 Å². The number of hydrogen-bond donors (Lipinski definition) is 2. The van der Waals surface area contributed by atoms with E-state index in [0.717, 1.165) is 15.2 Å². The lowest BCUT2D eigenvalue weighted by Gasteiger charge is -2.01. The van der Waals surface area contributed by atoms with Gasteiger partial charge in [0.05, 0.1) is 15.2 Å². The molecule has 0 aliphatic carbocycles. The Morgan fingerprint density at radius 3 is 2.76 bits per heavy atom. The molecule has 0 saturated carbocycles. The number of hydrogen-bond acceptors (Lipinski definition) is 4. The van der Waals surface area contributed by atoms with Gasteiger partial charge in [0, 0.05) is 6.42 Å². The molecular weight excluding hydrogens is 236 g/mol. The minimum Gasteiger partial charge on any atom is -0.480 e. The maximum Gasteiger partial charge on any atom is 0.320 e. The molecule has 0 saturated heterocycles. The van der Waals surface area contributed by atoms with Crippen molar-refractivity contribution in [2.24, 2.45) is 5.73 Å². The van der Waals surface area contributed by atoms with Crippen LogP contribution in [0.5, 0.6) is 0 Å². The number of aryl methyl sites for hydroxylation is 2. The summed E-state index contributed by atoms with van der Waals surface area (Å²) in [5.41, 5.74) is 8.83. The fraction of sp³-hybridized carbons (Fsp3) is 0.333. The van der Waals surface area contributed by atoms with Crippen molar-refractivity contribution in [2.75, 3.05) is 0 Å². The Bertz CT molecular complexity index is 538. The summed E-state index contributed by atoms with van der Waals surface area (Å²) in [6.45, 7) is 4.09. The van der Waals surface area contributed by atoms with Crippen molar-refractivity contribution in [1.82, 2.24) is 4.98 Å². The third-order valence-corrected chi connectivity index (χ3v) is 3.80. The van der Waals surface area contributed by atoms with Crippen LogP contribution < -0.4 is 5.73 Å². The van der Waals surface area contributed by atoms with Gasteiger partial charge in [0.2, 0.25) is 0 Å². The van der Waals surface area contributed by atoms with Crippen molar-refractivity contribution in [3.05, 3.63) is 28.3 Å². The van der Waals surface area contributed by atoms with Gasteiger partial charge >= 0.3 is 5.97 Å². The third-order valence-electron chi connectivity index (χ3n) is 2.76. The zero-order chi connectivity index (χ0) is 12.6. The molecule has 1 aromatic heterocycles. The highest BCUT2D eigenvalue weighted by atomic mass is 32.1. The Morgan fingerprint density at radius 1 is 1.47 bits per heavy atom. The van der Waals surface area contributed by atoms with Gasteiger partial charge < -0.3 is 10.8 Å². The highest BCUT2D eigenvalue weighted by molar-refractivity contribution is 7.18. The summed E-state index contributed by atoms with van der Waals surface area (Å²) in [6.07, 6.45) is 0.284. The second-order valence-electron chi connectivity index (χ2n) is 4.16. The van der Waals surface area contributed by atoms with Crippen molar-refractivity contribution in [3.8, 4) is 0 Å². The number of benzene rings is 1. The number of aliphatic carboxylic acids is 1. The van der Waals surface area contributed by atoms with Gasteiger partial charge in [-0.3, -0.25) is 4.79 Å². The zero-order valence-electron chi connectivity index (χ0n) is 9.73. The molecule has 0 amide bonds. The van der Waals surface area contributed by atoms with Gasteiger partial charge in [0.25, 0.3) is 0 Å². The van der Waals surface area contributed by atoms with Gasteiger partial charge in [-0.1, -0.05) is 0 Å². The molecule has 4 nitrogen and oxygen atoms in total. The van der Waals surface area contributed by atoms with Gasteiger partial charge in [-0.2, -0.15) is 0 Å². The third kappa shape index (κ3) is 2.45. The van der Waals surface area contributed by atoms with Crippen LogP contribution in [0.2, 0.25) is 0 Å². The van der Waals surface area contributed by atoms with Crippen LogP contribution in [-0.4, -0.2) is 22.1 Å². The largest absolute Gasteiger partial charge is 0.480 e. The SMILES string of the molecule is Cc1cc2nc(C[C@H](N)C(=O)O)sc2cc1C. The lowest BCUT2D eigenvalue weighted by molar-refractivity contribution is -0.138. The summed E-state index contributed by atoms with van der Waals surface area (Å²) in [6, 6.07) is 3.23. The first-order chi connectivity index (χ1) is 7.97. The molecule has 1 atom stereocenters. The van der Waals surface area contributed by atoms with Crippen LogP contribution >= 0.6 is 11.3 Å². The molecule has 5 heteroatoms. The highest BCUT2D eigenvalue weighted by Gasteiger charge is 2.15. The van der Waals surface area contributed by atoms with E-state index in [4.69, 9.17) is 10.8 Å². The Hall–Kier alpha value is -1.46. The summed E-state index contributed by atoms with van der Waals surface area (Å²) in [5, 5.41) is 9.54. The number of carboxylic acid groups (broad SMARTS) is 1. The summed E-state index contributed by atoms with van der Waals surface area (Å²) in [4.78, 5) is 15.1. The Balaban J connectivity index is 2.35. The molecule has 2 aromatic rings. The second-order valence-corrected chi connectivity index (χ2v) is 5.28. The van der Waals surface area contributed by atoms with Crippen LogP contribution in [0.3, 0.4) is 0 Å². The molecule has 0 radical (unpaired) electrons. The first-order valence-electron chi connectivity index (χ1n) is 5.32. The minimum absolute atomic E-state index is 0.284. The quantitative estimate of drug-likeness (QED) is 0.871. The fourth-order valence-electron chi connectivity index (χ4n) is 1.59. The predicted molar refractivity (Wildman–Crippen MR) is 68.4 cm³/mol. The molecule has 0 aliphatic rings. The average molecular weight is 250 g/mol. The number of nitrogens with zero attached hydrogens (tertiary/aromatic N) is 1. The first-order valence-corrected chi connectivity index (χ1v) is 6.14. The van der Waals surface area contributed by atoms with E-state index < -0.39 is 12.0 Å². The zero-order valence-corrected chi connectivity index (χ0v) is 10.5. The molecule has 1 heterocycles. The van der Waals surface area contributed by atoms with Crippen molar-refractivity contribution in [3.63, 3.8) is 0 Å². The number of carbonyl (C=O) groups is 1. The molecule has 2 rings (SSSR count). The fourth-order valence-corrected chi connectivity index (χ4v) is 2.70. The van der Waals surface area contributed by atoms with Crippen LogP contribution in [0.1, 0.15) is 16.1 Å². The van der Waals surface area contributed by atoms with Crippen LogP contribution in [0.25, 0.3) is 10.2 Å². The number of thiazole rings is 1. The summed E-state index contributed by atoms with van der Waals surface area (Å²) in [7, 11) is 0. The Kier molecular flexibility index (Phi) is 3.13. The Morgan fingerprint density at radius 2 is 2.12 bits per heavy atom. The molecule has 0 aliphatic heterocycles. The first kappa shape index (κ1) is 12.0. The summed E-state index contributed by atoms with van der Waals surface area (Å²) < 4.78 is 1.08. The van der Waals surface area contributed by atoms with E-state index in [0.29, 0.717) is 0 Å². The van der Waals surface area contributed by atoms with E-state index in [1.165, 1.54) is 22.5 Å². The number of rotatable bonds is 3. The van der Waals surface area contributed by atoms with Crippen molar-refractivity contribution in [2.45, 2.75) is 26.3 Å². The smallest absolute Gasteiger partial charge is 0.320 e. The maximum atomic E-state index is 10.7. The average Bonchev–Trinajstić information content (AvgIpc) is 2.60. The van der Waals surface area contributed by atoms with Crippen LogP contribution in [0, 0.1) is 13.8 Å². The molecule has 3 N–H and O–H groups in total. The molecule has 0 bridgehead atoms. The highest BCUT2D eigenvalue weighted by Crippen LogP contribution is 2.25. The molecule has 90 valence electrons. The molecular formula is C12H14N2O2S. The van der Waals surface area contributed by atoms with Gasteiger partial charge in [0.1, 0.15) is 6.04 Å². The number of carboxylic acids is 1. The topological polar surface area (TPSA) is 76.2 Å². The van der Waals surface area contributed by atoms with Gasteiger partial charge in [-0.15, -0.1) is 11.3 Å². The normalized spacial score (nSPS) is 12.9. The number of aromatic nitrogens is 1. The van der Waals surface area contributed by atoms with Crippen molar-refractivity contribution in [1.29, 1.82) is 0 Å². The van der Waals surface area contributed by atoms with E-state index in [-0.39, 0.29) is 6.42 Å².